The Morgan fingerprint density at radius 3 is 2.38 bits per heavy atom. The molecule has 0 saturated carbocycles. The molecule has 5 heteroatoms. The zero-order chi connectivity index (χ0) is 17.1. The molecule has 24 heavy (non-hydrogen) atoms. The maximum Gasteiger partial charge on any atom is 0.292 e. The van der Waals surface area contributed by atoms with E-state index in [9.17, 15) is 9.59 Å². The fourth-order valence-electron chi connectivity index (χ4n) is 2.82. The molecule has 0 bridgehead atoms. The number of ether oxygens (including phenoxy) is 1. The molecule has 1 saturated heterocycles. The minimum atomic E-state index is -0.410. The van der Waals surface area contributed by atoms with Crippen molar-refractivity contribution in [2.45, 2.75) is 26.3 Å². The molecule has 1 aliphatic heterocycles. The first-order chi connectivity index (χ1) is 11.6. The van der Waals surface area contributed by atoms with Crippen molar-refractivity contribution in [2.24, 2.45) is 0 Å². The van der Waals surface area contributed by atoms with Crippen molar-refractivity contribution in [3.05, 3.63) is 54.1 Å². The van der Waals surface area contributed by atoms with Gasteiger partial charge in [-0.2, -0.15) is 0 Å². The lowest BCUT2D eigenvalue weighted by Crippen LogP contribution is -2.86. The normalized spacial score (nSPS) is 17.4. The van der Waals surface area contributed by atoms with Crippen LogP contribution < -0.4 is 15.0 Å². The van der Waals surface area contributed by atoms with Crippen molar-refractivity contribution in [3.8, 4) is 5.75 Å². The maximum atomic E-state index is 12.6. The van der Waals surface area contributed by atoms with Gasteiger partial charge < -0.3 is 10.1 Å². The standard InChI is InChI=1S/C19H20N2O3/c1-3-24-16-10-8-15(9-11-16)21-18(22)12-17(19(21)23)20-14-6-4-13(2)5-7-14/h4-11,17,20H,3,12H2,1-2H3/p+1/t17-/m1/s1. The van der Waals surface area contributed by atoms with E-state index < -0.39 is 6.04 Å². The number of hydrogen-bond acceptors (Lipinski definition) is 3. The summed E-state index contributed by atoms with van der Waals surface area (Å²) in [6.45, 7) is 4.50. The van der Waals surface area contributed by atoms with E-state index in [0.717, 1.165) is 17.0 Å². The van der Waals surface area contributed by atoms with E-state index in [4.69, 9.17) is 4.74 Å². The van der Waals surface area contributed by atoms with Crippen molar-refractivity contribution < 1.29 is 19.6 Å². The average Bonchev–Trinajstić information content (AvgIpc) is 2.85. The van der Waals surface area contributed by atoms with Crippen LogP contribution in [-0.4, -0.2) is 24.5 Å². The van der Waals surface area contributed by atoms with Gasteiger partial charge in [0.1, 0.15) is 11.4 Å². The summed E-state index contributed by atoms with van der Waals surface area (Å²) in [5.41, 5.74) is 2.71. The number of amides is 2. The van der Waals surface area contributed by atoms with Gasteiger partial charge in [0.2, 0.25) is 5.91 Å². The summed E-state index contributed by atoms with van der Waals surface area (Å²) in [7, 11) is 0. The lowest BCUT2D eigenvalue weighted by Gasteiger charge is -2.14. The molecule has 0 radical (unpaired) electrons. The number of carbonyl (C=O) groups excluding carboxylic acids is 2. The van der Waals surface area contributed by atoms with Gasteiger partial charge in [0.25, 0.3) is 5.91 Å². The number of hydrogen-bond donors (Lipinski definition) is 1. The van der Waals surface area contributed by atoms with Crippen LogP contribution in [0.2, 0.25) is 0 Å². The van der Waals surface area contributed by atoms with Crippen molar-refractivity contribution in [1.82, 2.24) is 0 Å². The third-order valence-electron chi connectivity index (χ3n) is 4.06. The summed E-state index contributed by atoms with van der Waals surface area (Å²) in [5.74, 6) is 0.380. The Labute approximate surface area is 141 Å². The summed E-state index contributed by atoms with van der Waals surface area (Å²) in [5, 5.41) is 1.87. The van der Waals surface area contributed by atoms with Gasteiger partial charge in [-0.1, -0.05) is 17.7 Å². The molecule has 1 heterocycles. The van der Waals surface area contributed by atoms with Gasteiger partial charge in [-0.15, -0.1) is 0 Å². The number of rotatable bonds is 5. The van der Waals surface area contributed by atoms with E-state index in [-0.39, 0.29) is 18.2 Å². The molecule has 5 nitrogen and oxygen atoms in total. The molecule has 0 spiro atoms. The topological polar surface area (TPSA) is 63.2 Å². The second-order valence-electron chi connectivity index (χ2n) is 5.88. The van der Waals surface area contributed by atoms with Crippen LogP contribution in [0.1, 0.15) is 18.9 Å². The fourth-order valence-corrected chi connectivity index (χ4v) is 2.82. The van der Waals surface area contributed by atoms with Crippen molar-refractivity contribution >= 4 is 23.2 Å². The molecule has 2 aromatic rings. The molecule has 2 amide bonds. The number of aryl methyl sites for hydroxylation is 1. The van der Waals surface area contributed by atoms with E-state index in [1.54, 1.807) is 24.3 Å². The predicted octanol–water partition coefficient (Wildman–Crippen LogP) is 1.92. The van der Waals surface area contributed by atoms with Crippen molar-refractivity contribution in [3.63, 3.8) is 0 Å². The summed E-state index contributed by atoms with van der Waals surface area (Å²) < 4.78 is 5.39. The third-order valence-corrected chi connectivity index (χ3v) is 4.06. The van der Waals surface area contributed by atoms with Crippen molar-refractivity contribution in [2.75, 3.05) is 11.5 Å². The molecule has 0 aromatic heterocycles. The molecular formula is C19H21N2O3+. The summed E-state index contributed by atoms with van der Waals surface area (Å²) in [6.07, 6.45) is 0.208. The number of quaternary nitrogens is 1. The molecule has 124 valence electrons. The second kappa shape index (κ2) is 6.84. The molecular weight excluding hydrogens is 304 g/mol. The zero-order valence-corrected chi connectivity index (χ0v) is 13.9. The first-order valence-corrected chi connectivity index (χ1v) is 8.09. The molecule has 0 unspecified atom stereocenters. The smallest absolute Gasteiger partial charge is 0.292 e. The highest BCUT2D eigenvalue weighted by molar-refractivity contribution is 6.21. The van der Waals surface area contributed by atoms with E-state index in [1.165, 1.54) is 4.90 Å². The molecule has 1 atom stereocenters. The van der Waals surface area contributed by atoms with Gasteiger partial charge in [0, 0.05) is 0 Å². The lowest BCUT2D eigenvalue weighted by molar-refractivity contribution is -0.594. The number of imide groups is 1. The summed E-state index contributed by atoms with van der Waals surface area (Å²) in [4.78, 5) is 26.2. The third kappa shape index (κ3) is 3.31. The summed E-state index contributed by atoms with van der Waals surface area (Å²) in [6, 6.07) is 14.6. The SMILES string of the molecule is CCOc1ccc(N2C(=O)C[C@@H]([NH2+]c3ccc(C)cc3)C2=O)cc1. The monoisotopic (exact) mass is 325 g/mol. The minimum Gasteiger partial charge on any atom is -0.494 e. The number of carbonyl (C=O) groups is 2. The van der Waals surface area contributed by atoms with Crippen LogP contribution >= 0.6 is 0 Å². The second-order valence-corrected chi connectivity index (χ2v) is 5.88. The maximum absolute atomic E-state index is 12.6. The van der Waals surface area contributed by atoms with Crippen molar-refractivity contribution in [1.29, 1.82) is 0 Å². The van der Waals surface area contributed by atoms with Crippen LogP contribution in [0, 0.1) is 6.92 Å². The van der Waals surface area contributed by atoms with Gasteiger partial charge >= 0.3 is 0 Å². The number of anilines is 1. The molecule has 2 N–H and O–H groups in total. The van der Waals surface area contributed by atoms with Crippen LogP contribution in [0.4, 0.5) is 11.4 Å². The molecule has 3 rings (SSSR count). The Morgan fingerprint density at radius 1 is 1.08 bits per heavy atom. The average molecular weight is 325 g/mol. The molecule has 0 aliphatic carbocycles. The first kappa shape index (κ1) is 16.2. The first-order valence-electron chi connectivity index (χ1n) is 8.09. The lowest BCUT2D eigenvalue weighted by atomic mass is 10.2. The van der Waals surface area contributed by atoms with Crippen LogP contribution in [0.5, 0.6) is 5.75 Å². The summed E-state index contributed by atoms with van der Waals surface area (Å²) >= 11 is 0. The van der Waals surface area contributed by atoms with Crippen LogP contribution in [0.3, 0.4) is 0 Å². The highest BCUT2D eigenvalue weighted by Crippen LogP contribution is 2.24. The number of nitrogens with two attached hydrogens (primary N) is 1. The van der Waals surface area contributed by atoms with Crippen LogP contribution in [0.25, 0.3) is 0 Å². The van der Waals surface area contributed by atoms with E-state index in [0.29, 0.717) is 12.3 Å². The molecule has 1 aliphatic rings. The van der Waals surface area contributed by atoms with Gasteiger partial charge in [0.05, 0.1) is 18.7 Å². The Kier molecular flexibility index (Phi) is 4.62. The Balaban J connectivity index is 1.74. The van der Waals surface area contributed by atoms with Gasteiger partial charge in [-0.3, -0.25) is 9.59 Å². The van der Waals surface area contributed by atoms with E-state index in [2.05, 4.69) is 0 Å². The fraction of sp³-hybridized carbons (Fsp3) is 0.263. The van der Waals surface area contributed by atoms with Gasteiger partial charge in [0.15, 0.2) is 6.04 Å². The number of nitrogens with zero attached hydrogens (tertiary/aromatic N) is 1. The largest absolute Gasteiger partial charge is 0.494 e. The van der Waals surface area contributed by atoms with Gasteiger partial charge in [-0.25, -0.2) is 4.90 Å². The highest BCUT2D eigenvalue weighted by atomic mass is 16.5. The number of benzene rings is 2. The van der Waals surface area contributed by atoms with Gasteiger partial charge in [-0.05, 0) is 50.2 Å². The zero-order valence-electron chi connectivity index (χ0n) is 13.9. The highest BCUT2D eigenvalue weighted by Gasteiger charge is 2.42. The Bertz CT molecular complexity index is 738. The quantitative estimate of drug-likeness (QED) is 0.675. The van der Waals surface area contributed by atoms with Crippen LogP contribution in [-0.2, 0) is 9.59 Å². The van der Waals surface area contributed by atoms with Crippen LogP contribution in [0.15, 0.2) is 48.5 Å². The predicted molar refractivity (Wildman–Crippen MR) is 91.3 cm³/mol. The van der Waals surface area contributed by atoms with E-state index >= 15 is 0 Å². The molecule has 2 aromatic carbocycles. The minimum absolute atomic E-state index is 0.169. The molecule has 1 fully saturated rings. The Morgan fingerprint density at radius 2 is 1.75 bits per heavy atom. The van der Waals surface area contributed by atoms with E-state index in [1.807, 2.05) is 43.4 Å². The Hall–Kier alpha value is -2.66.